The zero-order valence-corrected chi connectivity index (χ0v) is 12.2. The van der Waals surface area contributed by atoms with Crippen molar-refractivity contribution >= 4 is 0 Å². The van der Waals surface area contributed by atoms with Crippen molar-refractivity contribution in [3.8, 4) is 5.75 Å². The van der Waals surface area contributed by atoms with Gasteiger partial charge in [0.25, 0.3) is 0 Å². The topological polar surface area (TPSA) is 21.3 Å². The van der Waals surface area contributed by atoms with Crippen molar-refractivity contribution in [2.45, 2.75) is 25.9 Å². The molecule has 0 bridgehead atoms. The predicted octanol–water partition coefficient (Wildman–Crippen LogP) is 4.21. The van der Waals surface area contributed by atoms with Gasteiger partial charge in [-0.1, -0.05) is 25.1 Å². The molecule has 0 fully saturated rings. The molecule has 2 nitrogen and oxygen atoms in total. The highest BCUT2D eigenvalue weighted by atomic mass is 19.1. The van der Waals surface area contributed by atoms with E-state index < -0.39 is 11.6 Å². The molecule has 0 aliphatic heterocycles. The summed E-state index contributed by atoms with van der Waals surface area (Å²) >= 11 is 0. The number of hydrogen-bond donors (Lipinski definition) is 1. The molecule has 21 heavy (non-hydrogen) atoms. The van der Waals surface area contributed by atoms with E-state index in [-0.39, 0.29) is 18.2 Å². The highest BCUT2D eigenvalue weighted by molar-refractivity contribution is 5.29. The van der Waals surface area contributed by atoms with Gasteiger partial charge in [-0.2, -0.15) is 0 Å². The molecule has 0 radical (unpaired) electrons. The zero-order chi connectivity index (χ0) is 15.2. The maximum absolute atomic E-state index is 13.6. The van der Waals surface area contributed by atoms with Gasteiger partial charge in [0.1, 0.15) is 17.4 Å². The highest BCUT2D eigenvalue weighted by Gasteiger charge is 2.12. The van der Waals surface area contributed by atoms with Crippen LogP contribution in [0.2, 0.25) is 0 Å². The molecule has 1 atom stereocenters. The highest BCUT2D eigenvalue weighted by Crippen LogP contribution is 2.21. The van der Waals surface area contributed by atoms with Gasteiger partial charge in [0, 0.05) is 18.2 Å². The summed E-state index contributed by atoms with van der Waals surface area (Å²) in [6.07, 6.45) is 0.822. The van der Waals surface area contributed by atoms with Gasteiger partial charge >= 0.3 is 0 Å². The van der Waals surface area contributed by atoms with Crippen LogP contribution in [-0.2, 0) is 6.54 Å². The van der Waals surface area contributed by atoms with E-state index in [1.54, 1.807) is 7.11 Å². The first-order chi connectivity index (χ1) is 10.2. The molecule has 4 heteroatoms. The minimum atomic E-state index is -0.521. The van der Waals surface area contributed by atoms with E-state index in [1.807, 2.05) is 31.2 Å². The van der Waals surface area contributed by atoms with E-state index in [0.29, 0.717) is 0 Å². The van der Waals surface area contributed by atoms with E-state index >= 15 is 0 Å². The third-order valence-corrected chi connectivity index (χ3v) is 3.51. The third-order valence-electron chi connectivity index (χ3n) is 3.51. The minimum absolute atomic E-state index is 0.0370. The fourth-order valence-corrected chi connectivity index (χ4v) is 2.26. The molecule has 2 rings (SSSR count). The number of benzene rings is 2. The van der Waals surface area contributed by atoms with Crippen molar-refractivity contribution in [3.63, 3.8) is 0 Å². The molecule has 0 aliphatic rings. The standard InChI is InChI=1S/C17H19F2NO/c1-3-17(12-7-9-13(21-2)10-8-12)20-11-14-15(18)5-4-6-16(14)19/h4-10,17,20H,3,11H2,1-2H3. The monoisotopic (exact) mass is 291 g/mol. The largest absolute Gasteiger partial charge is 0.497 e. The lowest BCUT2D eigenvalue weighted by Gasteiger charge is -2.18. The summed E-state index contributed by atoms with van der Waals surface area (Å²) in [4.78, 5) is 0. The van der Waals surface area contributed by atoms with E-state index in [1.165, 1.54) is 18.2 Å². The van der Waals surface area contributed by atoms with Crippen molar-refractivity contribution in [2.24, 2.45) is 0 Å². The summed E-state index contributed by atoms with van der Waals surface area (Å²) < 4.78 is 32.3. The van der Waals surface area contributed by atoms with Crippen molar-refractivity contribution in [1.29, 1.82) is 0 Å². The number of hydrogen-bond acceptors (Lipinski definition) is 2. The molecular formula is C17H19F2NO. The summed E-state index contributed by atoms with van der Waals surface area (Å²) in [6.45, 7) is 2.18. The second-order valence-electron chi connectivity index (χ2n) is 4.82. The first kappa shape index (κ1) is 15.4. The molecule has 2 aromatic carbocycles. The van der Waals surface area contributed by atoms with Crippen molar-refractivity contribution < 1.29 is 13.5 Å². The van der Waals surface area contributed by atoms with Crippen LogP contribution >= 0.6 is 0 Å². The average Bonchev–Trinajstić information content (AvgIpc) is 2.51. The molecule has 2 aromatic rings. The Morgan fingerprint density at radius 3 is 2.19 bits per heavy atom. The van der Waals surface area contributed by atoms with Crippen LogP contribution in [0, 0.1) is 11.6 Å². The summed E-state index contributed by atoms with van der Waals surface area (Å²) in [5.74, 6) is -0.257. The fourth-order valence-electron chi connectivity index (χ4n) is 2.26. The van der Waals surface area contributed by atoms with E-state index in [0.717, 1.165) is 17.7 Å². The molecule has 0 heterocycles. The Kier molecular flexibility index (Phi) is 5.28. The Labute approximate surface area is 123 Å². The predicted molar refractivity (Wildman–Crippen MR) is 79.2 cm³/mol. The Morgan fingerprint density at radius 1 is 1.05 bits per heavy atom. The summed E-state index contributed by atoms with van der Waals surface area (Å²) in [7, 11) is 1.62. The Morgan fingerprint density at radius 2 is 1.67 bits per heavy atom. The van der Waals surface area contributed by atoms with Gasteiger partial charge in [-0.3, -0.25) is 0 Å². The normalized spacial score (nSPS) is 12.2. The van der Waals surface area contributed by atoms with E-state index in [9.17, 15) is 8.78 Å². The minimum Gasteiger partial charge on any atom is -0.497 e. The second kappa shape index (κ2) is 7.18. The fraction of sp³-hybridized carbons (Fsp3) is 0.294. The maximum atomic E-state index is 13.6. The van der Waals surface area contributed by atoms with Crippen molar-refractivity contribution in [1.82, 2.24) is 5.32 Å². The number of rotatable bonds is 6. The lowest BCUT2D eigenvalue weighted by Crippen LogP contribution is -2.21. The molecule has 0 saturated carbocycles. The zero-order valence-electron chi connectivity index (χ0n) is 12.2. The van der Waals surface area contributed by atoms with Crippen LogP contribution in [0.25, 0.3) is 0 Å². The molecule has 112 valence electrons. The Bertz CT molecular complexity index is 564. The number of methoxy groups -OCH3 is 1. The van der Waals surface area contributed by atoms with E-state index in [2.05, 4.69) is 5.32 Å². The van der Waals surface area contributed by atoms with Crippen LogP contribution in [0.5, 0.6) is 5.75 Å². The quantitative estimate of drug-likeness (QED) is 0.860. The SMILES string of the molecule is CCC(NCc1c(F)cccc1F)c1ccc(OC)cc1. The maximum Gasteiger partial charge on any atom is 0.130 e. The van der Waals surface area contributed by atoms with Gasteiger partial charge in [0.05, 0.1) is 7.11 Å². The molecule has 1 unspecified atom stereocenters. The molecule has 0 aliphatic carbocycles. The molecule has 0 aromatic heterocycles. The third kappa shape index (κ3) is 3.79. The van der Waals surface area contributed by atoms with Gasteiger partial charge in [-0.25, -0.2) is 8.78 Å². The van der Waals surface area contributed by atoms with Crippen LogP contribution in [0.15, 0.2) is 42.5 Å². The smallest absolute Gasteiger partial charge is 0.130 e. The lowest BCUT2D eigenvalue weighted by atomic mass is 10.0. The van der Waals surface area contributed by atoms with Crippen LogP contribution in [-0.4, -0.2) is 7.11 Å². The number of nitrogens with one attached hydrogen (secondary N) is 1. The Hall–Kier alpha value is -1.94. The summed E-state index contributed by atoms with van der Waals surface area (Å²) in [5.41, 5.74) is 1.14. The molecule has 0 saturated heterocycles. The van der Waals surface area contributed by atoms with E-state index in [4.69, 9.17) is 4.74 Å². The Balaban J connectivity index is 2.08. The van der Waals surface area contributed by atoms with Gasteiger partial charge in [-0.15, -0.1) is 0 Å². The van der Waals surface area contributed by atoms with Crippen LogP contribution < -0.4 is 10.1 Å². The van der Waals surface area contributed by atoms with Gasteiger partial charge < -0.3 is 10.1 Å². The van der Waals surface area contributed by atoms with Crippen LogP contribution in [0.1, 0.15) is 30.5 Å². The van der Waals surface area contributed by atoms with Gasteiger partial charge in [0.2, 0.25) is 0 Å². The van der Waals surface area contributed by atoms with Gasteiger partial charge in [0.15, 0.2) is 0 Å². The van der Waals surface area contributed by atoms with Crippen molar-refractivity contribution in [3.05, 3.63) is 65.2 Å². The number of ether oxygens (including phenoxy) is 1. The van der Waals surface area contributed by atoms with Gasteiger partial charge in [-0.05, 0) is 36.2 Å². The first-order valence-corrected chi connectivity index (χ1v) is 6.96. The number of halogens is 2. The van der Waals surface area contributed by atoms with Crippen LogP contribution in [0.3, 0.4) is 0 Å². The molecular weight excluding hydrogens is 272 g/mol. The summed E-state index contributed by atoms with van der Waals surface area (Å²) in [6, 6.07) is 11.6. The first-order valence-electron chi connectivity index (χ1n) is 6.96. The lowest BCUT2D eigenvalue weighted by molar-refractivity contribution is 0.414. The molecule has 0 spiro atoms. The second-order valence-corrected chi connectivity index (χ2v) is 4.82. The molecule has 1 N–H and O–H groups in total. The van der Waals surface area contributed by atoms with Crippen LogP contribution in [0.4, 0.5) is 8.78 Å². The molecule has 0 amide bonds. The average molecular weight is 291 g/mol. The van der Waals surface area contributed by atoms with Crippen molar-refractivity contribution in [2.75, 3.05) is 7.11 Å². The summed E-state index contributed by atoms with van der Waals surface area (Å²) in [5, 5.41) is 3.20.